The van der Waals surface area contributed by atoms with Crippen molar-refractivity contribution in [2.45, 2.75) is 9.79 Å². The van der Waals surface area contributed by atoms with Crippen molar-refractivity contribution in [3.8, 4) is 0 Å². The summed E-state index contributed by atoms with van der Waals surface area (Å²) < 4.78 is 54.9. The molecule has 1 amide bonds. The first-order valence-electron chi connectivity index (χ1n) is 10.4. The van der Waals surface area contributed by atoms with Gasteiger partial charge in [0, 0.05) is 11.9 Å². The molecule has 184 valence electrons. The summed E-state index contributed by atoms with van der Waals surface area (Å²) in [7, 11) is -7.65. The van der Waals surface area contributed by atoms with Crippen LogP contribution in [0.3, 0.4) is 0 Å². The number of nitrogens with zero attached hydrogens (tertiary/aromatic N) is 1. The Labute approximate surface area is 213 Å². The van der Waals surface area contributed by atoms with Gasteiger partial charge in [0.2, 0.25) is 0 Å². The second-order valence-electron chi connectivity index (χ2n) is 7.44. The van der Waals surface area contributed by atoms with Gasteiger partial charge in [-0.1, -0.05) is 29.8 Å². The van der Waals surface area contributed by atoms with Crippen LogP contribution in [0.25, 0.3) is 0 Å². The first-order chi connectivity index (χ1) is 17.1. The number of amides is 1. The number of aromatic nitrogens is 1. The van der Waals surface area contributed by atoms with Crippen molar-refractivity contribution in [1.29, 1.82) is 0 Å². The van der Waals surface area contributed by atoms with Gasteiger partial charge < -0.3 is 5.32 Å². The number of hydrogen-bond donors (Lipinski definition) is 3. The van der Waals surface area contributed by atoms with Crippen LogP contribution in [0, 0.1) is 0 Å². The fourth-order valence-electron chi connectivity index (χ4n) is 3.13. The smallest absolute Gasteiger partial charge is 0.261 e. The molecule has 0 saturated carbocycles. The predicted molar refractivity (Wildman–Crippen MR) is 138 cm³/mol. The van der Waals surface area contributed by atoms with Gasteiger partial charge in [-0.05, 0) is 66.7 Å². The average Bonchev–Trinajstić information content (AvgIpc) is 2.85. The molecule has 4 rings (SSSR count). The molecule has 0 aliphatic rings. The molecule has 1 aromatic heterocycles. The summed E-state index contributed by atoms with van der Waals surface area (Å²) >= 11 is 6.24. The fourth-order valence-corrected chi connectivity index (χ4v) is 5.51. The minimum atomic E-state index is -3.84. The zero-order valence-electron chi connectivity index (χ0n) is 18.4. The molecule has 0 spiro atoms. The van der Waals surface area contributed by atoms with E-state index in [-0.39, 0.29) is 26.1 Å². The van der Waals surface area contributed by atoms with Gasteiger partial charge in [-0.2, -0.15) is 0 Å². The summed E-state index contributed by atoms with van der Waals surface area (Å²) in [6.45, 7) is 0. The number of hydrogen-bond acceptors (Lipinski definition) is 6. The third-order valence-corrected chi connectivity index (χ3v) is 7.96. The van der Waals surface area contributed by atoms with Crippen LogP contribution in [-0.2, 0) is 20.0 Å². The summed E-state index contributed by atoms with van der Waals surface area (Å²) in [5.41, 5.74) is 0.953. The lowest BCUT2D eigenvalue weighted by Crippen LogP contribution is -2.15. The Hall–Kier alpha value is -3.93. The summed E-state index contributed by atoms with van der Waals surface area (Å²) in [6, 6.07) is 20.7. The monoisotopic (exact) mass is 542 g/mol. The maximum absolute atomic E-state index is 12.7. The number of sulfonamides is 2. The van der Waals surface area contributed by atoms with E-state index in [9.17, 15) is 21.6 Å². The summed E-state index contributed by atoms with van der Waals surface area (Å²) in [4.78, 5) is 16.7. The molecule has 3 aromatic carbocycles. The maximum atomic E-state index is 12.7. The molecule has 9 nitrogen and oxygen atoms in total. The minimum Gasteiger partial charge on any atom is -0.322 e. The highest BCUT2D eigenvalue weighted by Crippen LogP contribution is 2.25. The van der Waals surface area contributed by atoms with Crippen LogP contribution in [-0.4, -0.2) is 27.7 Å². The predicted octanol–water partition coefficient (Wildman–Crippen LogP) is 4.59. The van der Waals surface area contributed by atoms with Gasteiger partial charge in [-0.15, -0.1) is 0 Å². The van der Waals surface area contributed by atoms with Crippen LogP contribution >= 0.6 is 11.6 Å². The molecule has 0 atom stereocenters. The Kier molecular flexibility index (Phi) is 7.25. The van der Waals surface area contributed by atoms with Crippen LogP contribution < -0.4 is 14.8 Å². The number of carbonyl (C=O) groups is 1. The van der Waals surface area contributed by atoms with Gasteiger partial charge >= 0.3 is 0 Å². The van der Waals surface area contributed by atoms with Gasteiger partial charge in [0.05, 0.1) is 37.9 Å². The highest BCUT2D eigenvalue weighted by molar-refractivity contribution is 7.93. The average molecular weight is 543 g/mol. The van der Waals surface area contributed by atoms with Crippen LogP contribution in [0.4, 0.5) is 17.1 Å². The maximum Gasteiger partial charge on any atom is 0.261 e. The molecular formula is C24H19ClN4O5S2. The first kappa shape index (κ1) is 25.2. The zero-order chi connectivity index (χ0) is 25.8. The first-order valence-corrected chi connectivity index (χ1v) is 13.7. The fraction of sp³-hybridized carbons (Fsp3) is 0. The van der Waals surface area contributed by atoms with Crippen molar-refractivity contribution in [3.05, 3.63) is 108 Å². The van der Waals surface area contributed by atoms with Crippen LogP contribution in [0.5, 0.6) is 0 Å². The molecule has 36 heavy (non-hydrogen) atoms. The van der Waals surface area contributed by atoms with Gasteiger partial charge in [0.15, 0.2) is 0 Å². The minimum absolute atomic E-state index is 0.00237. The van der Waals surface area contributed by atoms with Gasteiger partial charge in [0.1, 0.15) is 0 Å². The van der Waals surface area contributed by atoms with Crippen molar-refractivity contribution in [2.75, 3.05) is 14.8 Å². The van der Waals surface area contributed by atoms with E-state index in [4.69, 9.17) is 11.6 Å². The van der Waals surface area contributed by atoms with Crippen molar-refractivity contribution in [1.82, 2.24) is 4.98 Å². The standard InChI is InChI=1S/C24H19ClN4O5S2/c25-23-15-18(28-35(31,32)20-6-2-1-3-7-20)10-13-22(23)24(30)27-17-8-11-21(12-9-17)36(33,34)29-19-5-4-14-26-16-19/h1-16,28-29H,(H,27,30). The second-order valence-corrected chi connectivity index (χ2v) is 11.2. The Morgan fingerprint density at radius 1 is 0.694 bits per heavy atom. The Morgan fingerprint density at radius 2 is 1.31 bits per heavy atom. The molecule has 4 aromatic rings. The SMILES string of the molecule is O=C(Nc1ccc(S(=O)(=O)Nc2cccnc2)cc1)c1ccc(NS(=O)(=O)c2ccccc2)cc1Cl. The molecule has 1 heterocycles. The lowest BCUT2D eigenvalue weighted by atomic mass is 10.2. The number of pyridine rings is 1. The molecule has 0 unspecified atom stereocenters. The molecule has 0 fully saturated rings. The Bertz CT molecular complexity index is 1600. The van der Waals surface area contributed by atoms with E-state index < -0.39 is 26.0 Å². The van der Waals surface area contributed by atoms with Crippen molar-refractivity contribution < 1.29 is 21.6 Å². The van der Waals surface area contributed by atoms with E-state index >= 15 is 0 Å². The Morgan fingerprint density at radius 3 is 1.92 bits per heavy atom. The third-order valence-electron chi connectivity index (χ3n) is 4.86. The van der Waals surface area contributed by atoms with E-state index in [1.165, 1.54) is 67.0 Å². The van der Waals surface area contributed by atoms with Crippen molar-refractivity contribution in [2.24, 2.45) is 0 Å². The van der Waals surface area contributed by atoms with Crippen LogP contribution in [0.1, 0.15) is 10.4 Å². The van der Waals surface area contributed by atoms with E-state index in [0.29, 0.717) is 11.4 Å². The number of carbonyl (C=O) groups excluding carboxylic acids is 1. The number of nitrogens with one attached hydrogen (secondary N) is 3. The summed E-state index contributed by atoms with van der Waals surface area (Å²) in [5, 5.41) is 2.66. The summed E-state index contributed by atoms with van der Waals surface area (Å²) in [6.07, 6.45) is 2.91. The lowest BCUT2D eigenvalue weighted by Gasteiger charge is -2.11. The summed E-state index contributed by atoms with van der Waals surface area (Å²) in [5.74, 6) is -0.554. The molecule has 3 N–H and O–H groups in total. The number of benzene rings is 3. The van der Waals surface area contributed by atoms with Gasteiger partial charge in [-0.3, -0.25) is 19.2 Å². The molecule has 12 heteroatoms. The molecule has 0 radical (unpaired) electrons. The lowest BCUT2D eigenvalue weighted by molar-refractivity contribution is 0.102. The molecular weight excluding hydrogens is 524 g/mol. The van der Waals surface area contributed by atoms with Crippen molar-refractivity contribution >= 4 is 54.6 Å². The molecule has 0 bridgehead atoms. The van der Waals surface area contributed by atoms with Crippen LogP contribution in [0.2, 0.25) is 5.02 Å². The van der Waals surface area contributed by atoms with Crippen molar-refractivity contribution in [3.63, 3.8) is 0 Å². The quantitative estimate of drug-likeness (QED) is 0.298. The van der Waals surface area contributed by atoms with Gasteiger partial charge in [0.25, 0.3) is 26.0 Å². The van der Waals surface area contributed by atoms with Gasteiger partial charge in [-0.25, -0.2) is 16.8 Å². The third kappa shape index (κ3) is 6.00. The van der Waals surface area contributed by atoms with Crippen LogP contribution in [0.15, 0.2) is 107 Å². The van der Waals surface area contributed by atoms with E-state index in [1.54, 1.807) is 30.3 Å². The number of rotatable bonds is 8. The second kappa shape index (κ2) is 10.4. The largest absolute Gasteiger partial charge is 0.322 e. The highest BCUT2D eigenvalue weighted by Gasteiger charge is 2.17. The van der Waals surface area contributed by atoms with E-state index in [0.717, 1.165) is 0 Å². The highest BCUT2D eigenvalue weighted by atomic mass is 35.5. The topological polar surface area (TPSA) is 134 Å². The van der Waals surface area contributed by atoms with E-state index in [2.05, 4.69) is 19.7 Å². The molecule has 0 aliphatic heterocycles. The number of anilines is 3. The Balaban J connectivity index is 1.44. The zero-order valence-corrected chi connectivity index (χ0v) is 20.8. The number of halogens is 1. The van der Waals surface area contributed by atoms with E-state index in [1.807, 2.05) is 0 Å². The molecule has 0 aliphatic carbocycles. The molecule has 0 saturated heterocycles. The normalized spacial score (nSPS) is 11.5.